The van der Waals surface area contributed by atoms with E-state index in [9.17, 15) is 48.3 Å². The van der Waals surface area contributed by atoms with Gasteiger partial charge in [-0.05, 0) is 92.0 Å². The van der Waals surface area contributed by atoms with Crippen molar-refractivity contribution in [1.29, 1.82) is 0 Å². The summed E-state index contributed by atoms with van der Waals surface area (Å²) in [7, 11) is 6.02. The molecule has 12 atom stereocenters. The largest absolute Gasteiger partial charge is 0.480 e. The molecule has 0 spiro atoms. The highest BCUT2D eigenvalue weighted by molar-refractivity contribution is 5.95. The summed E-state index contributed by atoms with van der Waals surface area (Å²) in [5.41, 5.74) is 19.2. The molecule has 2 aromatic rings. The second-order valence-corrected chi connectivity index (χ2v) is 24.7. The smallest absolute Gasteiger partial charge is 0.410 e. The number of carboxylic acid groups (broad SMARTS) is 1. The minimum absolute atomic E-state index is 0.0830. The number of methoxy groups -OCH3 is 2. The molecule has 1 aliphatic heterocycles. The van der Waals surface area contributed by atoms with Crippen LogP contribution in [0.1, 0.15) is 131 Å². The Morgan fingerprint density at radius 2 is 1.37 bits per heavy atom. The highest BCUT2D eigenvalue weighted by atomic mass is 16.6. The van der Waals surface area contributed by atoms with Gasteiger partial charge in [0.2, 0.25) is 35.4 Å². The summed E-state index contributed by atoms with van der Waals surface area (Å²) in [6.45, 7) is 21.6. The Hall–Kier alpha value is -7.35. The molecule has 1 aliphatic rings. The van der Waals surface area contributed by atoms with Gasteiger partial charge in [0.15, 0.2) is 0 Å². The van der Waals surface area contributed by atoms with Gasteiger partial charge in [0.1, 0.15) is 30.8 Å². The first-order valence-electron chi connectivity index (χ1n) is 31.6. The molecule has 3 rings (SSSR count). The lowest BCUT2D eigenvalue weighted by atomic mass is 9.89. The van der Waals surface area contributed by atoms with E-state index in [1.54, 1.807) is 95.1 Å². The third kappa shape index (κ3) is 23.5. The average Bonchev–Trinajstić information content (AvgIpc) is 2.54. The molecule has 0 aromatic heterocycles. The number of carboxylic acids is 1. The van der Waals surface area contributed by atoms with Crippen LogP contribution in [0.25, 0.3) is 0 Å². The van der Waals surface area contributed by atoms with E-state index in [1.807, 2.05) is 33.8 Å². The maximum absolute atomic E-state index is 14.8. The first-order chi connectivity index (χ1) is 42.5. The number of rotatable bonds is 39. The minimum atomic E-state index is -1.19. The second kappa shape index (κ2) is 38.4. The van der Waals surface area contributed by atoms with Crippen molar-refractivity contribution >= 4 is 59.2 Å². The molecule has 504 valence electrons. The number of likely N-dealkylation sites (tertiary alicyclic amines) is 1. The summed E-state index contributed by atoms with van der Waals surface area (Å²) in [4.78, 5) is 126. The van der Waals surface area contributed by atoms with E-state index < -0.39 is 120 Å². The third-order valence-corrected chi connectivity index (χ3v) is 16.9. The number of amides is 9. The fraction of sp³-hybridized carbons (Fsp3) is 0.646. The van der Waals surface area contributed by atoms with E-state index in [-0.39, 0.29) is 56.1 Å². The van der Waals surface area contributed by atoms with Crippen molar-refractivity contribution < 1.29 is 62.5 Å². The number of primary amides is 1. The van der Waals surface area contributed by atoms with Crippen LogP contribution in [0.5, 0.6) is 0 Å². The van der Waals surface area contributed by atoms with Gasteiger partial charge >= 0.3 is 18.1 Å². The summed E-state index contributed by atoms with van der Waals surface area (Å²) in [6, 6.07) is 8.25. The Bertz CT molecular complexity index is 2650. The number of aliphatic carboxylic acids is 1. The molecule has 1 heterocycles. The van der Waals surface area contributed by atoms with Gasteiger partial charge in [-0.2, -0.15) is 0 Å². The Morgan fingerprint density at radius 1 is 0.733 bits per heavy atom. The molecule has 0 saturated carbocycles. The van der Waals surface area contributed by atoms with Crippen LogP contribution in [-0.2, 0) is 60.8 Å². The lowest BCUT2D eigenvalue weighted by molar-refractivity contribution is -0.148. The maximum atomic E-state index is 14.8. The number of ether oxygens (including phenoxy) is 3. The number of nitrogens with one attached hydrogen (secondary N) is 6. The molecule has 1 fully saturated rings. The molecule has 9 amide bonds. The fourth-order valence-corrected chi connectivity index (χ4v) is 11.5. The number of nitrogens with zero attached hydrogens (tertiary/aromatic N) is 3. The number of likely N-dealkylation sites (N-methyl/N-ethyl adjacent to an activating group) is 2. The Labute approximate surface area is 532 Å². The SMILES string of the molecule is C=C(NC(CCCNC(N)=O)C(=O)Nc1ccc(COC(=O)N(C)[C@H](C(=O)N[C@H](C(=O)N(C)[C@@H]([C@@H](C)CC)[C@@H](CC(=O)N2CCC[C@H]2[C@H](OC)[C@@H](C)C(=O)N[C@@H](Cc2ccccc2)C(=O)O)OC)C(C)C)C(C)C)cc1)[C@@H](NC(=O)C(N)CCCCN)C(C)C. The van der Waals surface area contributed by atoms with Gasteiger partial charge < -0.3 is 78.2 Å². The van der Waals surface area contributed by atoms with Crippen LogP contribution in [-0.4, -0.2) is 182 Å². The molecule has 2 aromatic carbocycles. The number of carbonyl (C=O) groups excluding carboxylic acids is 8. The summed E-state index contributed by atoms with van der Waals surface area (Å²) >= 11 is 0. The highest BCUT2D eigenvalue weighted by Crippen LogP contribution is 2.30. The van der Waals surface area contributed by atoms with Gasteiger partial charge in [-0.25, -0.2) is 14.4 Å². The fourth-order valence-electron chi connectivity index (χ4n) is 11.5. The van der Waals surface area contributed by atoms with Crippen molar-refractivity contribution in [3.05, 3.63) is 78.0 Å². The molecule has 90 heavy (non-hydrogen) atoms. The molecule has 25 heteroatoms. The number of benzene rings is 2. The molecular weight excluding hydrogens is 1160 g/mol. The number of hydrogen-bond donors (Lipinski definition) is 10. The summed E-state index contributed by atoms with van der Waals surface area (Å²) in [6.07, 6.45) is 1.89. The molecule has 0 bridgehead atoms. The number of unbranched alkanes of at least 4 members (excludes halogenated alkanes) is 1. The van der Waals surface area contributed by atoms with Gasteiger partial charge in [0.05, 0.1) is 48.7 Å². The van der Waals surface area contributed by atoms with Gasteiger partial charge in [0, 0.05) is 59.2 Å². The van der Waals surface area contributed by atoms with Crippen LogP contribution < -0.4 is 49.1 Å². The standard InChI is InChI=1S/C65H106N12O13/c1-15-41(8)56(51(88-13)36-52(78)77-34-22-27-50(77)57(89-14)42(9)58(79)72-49(63(84)85)35-44-23-17-16-18-24-44)75(11)62(83)54(39(4)5)74-61(82)55(40(6)7)76(12)65(87)90-37-45-28-30-46(31-29-45)71-60(81)48(26-21-33-69-64(68)86)70-43(10)53(38(2)3)73-59(80)47(67)25-19-20-32-66/h16-18,23-24,28-31,38-42,47-51,53-57,70H,10,15,19-22,25-27,32-37,66-67H2,1-9,11-14H3,(H,71,81)(H,72,79)(H,73,80)(H,74,82)(H,84,85)(H3,68,69,86)/t41-,42+,47?,48?,49-,50-,51+,53-,54-,55-,56-,57+/m0/s1. The van der Waals surface area contributed by atoms with Crippen molar-refractivity contribution in [3.8, 4) is 0 Å². The number of carbonyl (C=O) groups is 9. The van der Waals surface area contributed by atoms with E-state index >= 15 is 0 Å². The number of hydrogen-bond acceptors (Lipinski definition) is 15. The second-order valence-electron chi connectivity index (χ2n) is 24.7. The molecule has 13 N–H and O–H groups in total. The normalized spacial score (nSPS) is 16.8. The van der Waals surface area contributed by atoms with E-state index in [0.29, 0.717) is 68.6 Å². The third-order valence-electron chi connectivity index (χ3n) is 16.9. The van der Waals surface area contributed by atoms with E-state index in [4.69, 9.17) is 31.4 Å². The van der Waals surface area contributed by atoms with Crippen LogP contribution >= 0.6 is 0 Å². The Morgan fingerprint density at radius 3 is 1.92 bits per heavy atom. The predicted molar refractivity (Wildman–Crippen MR) is 345 cm³/mol. The minimum Gasteiger partial charge on any atom is -0.480 e. The van der Waals surface area contributed by atoms with Crippen LogP contribution in [0.4, 0.5) is 15.3 Å². The molecule has 2 unspecified atom stereocenters. The highest BCUT2D eigenvalue weighted by Gasteiger charge is 2.44. The molecule has 0 radical (unpaired) electrons. The zero-order chi connectivity index (χ0) is 67.5. The molecule has 25 nitrogen and oxygen atoms in total. The zero-order valence-corrected chi connectivity index (χ0v) is 55.4. The Balaban J connectivity index is 1.72. The van der Waals surface area contributed by atoms with Crippen molar-refractivity contribution in [2.75, 3.05) is 53.3 Å². The maximum Gasteiger partial charge on any atom is 0.410 e. The first-order valence-corrected chi connectivity index (χ1v) is 31.6. The number of nitrogens with two attached hydrogens (primary N) is 3. The first kappa shape index (κ1) is 76.9. The zero-order valence-electron chi connectivity index (χ0n) is 55.4. The van der Waals surface area contributed by atoms with Gasteiger partial charge in [-0.3, -0.25) is 33.7 Å². The topological polar surface area (TPSA) is 362 Å². The van der Waals surface area contributed by atoms with Crippen LogP contribution in [0.3, 0.4) is 0 Å². The van der Waals surface area contributed by atoms with Gasteiger partial charge in [-0.1, -0.05) is 124 Å². The average molecular weight is 1260 g/mol. The van der Waals surface area contributed by atoms with Crippen molar-refractivity contribution in [2.45, 2.75) is 194 Å². The monoisotopic (exact) mass is 1260 g/mol. The lowest BCUT2D eigenvalue weighted by Gasteiger charge is -2.41. The number of anilines is 1. The van der Waals surface area contributed by atoms with Crippen LogP contribution in [0.15, 0.2) is 66.9 Å². The van der Waals surface area contributed by atoms with Crippen LogP contribution in [0.2, 0.25) is 0 Å². The quantitative estimate of drug-likeness (QED) is 0.0409. The van der Waals surface area contributed by atoms with E-state index in [1.165, 1.54) is 31.1 Å². The summed E-state index contributed by atoms with van der Waals surface area (Å²) in [5, 5.41) is 27.2. The van der Waals surface area contributed by atoms with Crippen molar-refractivity contribution in [3.63, 3.8) is 0 Å². The van der Waals surface area contributed by atoms with E-state index in [2.05, 4.69) is 38.5 Å². The predicted octanol–water partition coefficient (Wildman–Crippen LogP) is 4.61. The summed E-state index contributed by atoms with van der Waals surface area (Å²) < 4.78 is 17.7. The van der Waals surface area contributed by atoms with Crippen LogP contribution in [0, 0.1) is 29.6 Å². The molecular formula is C65H106N12O13. The number of urea groups is 1. The van der Waals surface area contributed by atoms with E-state index in [0.717, 1.165) is 12.0 Å². The lowest BCUT2D eigenvalue weighted by Crippen LogP contribution is -2.60. The van der Waals surface area contributed by atoms with Gasteiger partial charge in [-0.15, -0.1) is 0 Å². The van der Waals surface area contributed by atoms with Crippen molar-refractivity contribution in [2.24, 2.45) is 46.8 Å². The molecule has 0 aliphatic carbocycles. The van der Waals surface area contributed by atoms with Gasteiger partial charge in [0.25, 0.3) is 0 Å². The van der Waals surface area contributed by atoms with Crippen molar-refractivity contribution in [1.82, 2.24) is 41.3 Å². The molecule has 1 saturated heterocycles. The summed E-state index contributed by atoms with van der Waals surface area (Å²) in [5.74, 6) is -5.76. The Kier molecular flexibility index (Phi) is 32.8.